The maximum absolute atomic E-state index is 11.3. The van der Waals surface area contributed by atoms with Gasteiger partial charge in [0.25, 0.3) is 0 Å². The number of primary sulfonamides is 1. The summed E-state index contributed by atoms with van der Waals surface area (Å²) in [5, 5.41) is 10.0. The van der Waals surface area contributed by atoms with E-state index in [0.29, 0.717) is 12.2 Å². The van der Waals surface area contributed by atoms with Crippen molar-refractivity contribution in [1.82, 2.24) is 4.98 Å². The quantitative estimate of drug-likeness (QED) is 0.878. The Bertz CT molecular complexity index is 594. The monoisotopic (exact) mass is 269 g/mol. The van der Waals surface area contributed by atoms with Crippen LogP contribution in [0.15, 0.2) is 40.1 Å². The van der Waals surface area contributed by atoms with Crippen molar-refractivity contribution < 1.29 is 8.42 Å². The molecule has 0 aliphatic rings. The van der Waals surface area contributed by atoms with Crippen molar-refractivity contribution in [2.24, 2.45) is 5.14 Å². The largest absolute Gasteiger partial charge is 0.378 e. The van der Waals surface area contributed by atoms with Crippen LogP contribution in [0.2, 0.25) is 0 Å². The standard InChI is InChI=1S/C10H11N3O2S2/c11-17(14,15)10-4-2-1-3-9(10)12-5-8-6-16-7-13-8/h1-4,6-7,12H,5H2,(H2,11,14,15). The van der Waals surface area contributed by atoms with Crippen LogP contribution in [0.3, 0.4) is 0 Å². The highest BCUT2D eigenvalue weighted by Crippen LogP contribution is 2.19. The summed E-state index contributed by atoms with van der Waals surface area (Å²) < 4.78 is 22.7. The molecule has 2 aromatic rings. The Hall–Kier alpha value is -1.44. The molecule has 0 bridgehead atoms. The summed E-state index contributed by atoms with van der Waals surface area (Å²) in [7, 11) is -3.70. The molecule has 90 valence electrons. The number of thiazole rings is 1. The van der Waals surface area contributed by atoms with Crippen LogP contribution in [0.4, 0.5) is 5.69 Å². The Morgan fingerprint density at radius 1 is 1.35 bits per heavy atom. The molecule has 0 saturated heterocycles. The van der Waals surface area contributed by atoms with Crippen molar-refractivity contribution in [3.05, 3.63) is 40.8 Å². The molecule has 0 fully saturated rings. The summed E-state index contributed by atoms with van der Waals surface area (Å²) in [4.78, 5) is 4.19. The zero-order valence-corrected chi connectivity index (χ0v) is 10.5. The molecule has 0 aliphatic heterocycles. The van der Waals surface area contributed by atoms with Crippen molar-refractivity contribution in [3.8, 4) is 0 Å². The van der Waals surface area contributed by atoms with Crippen molar-refractivity contribution in [3.63, 3.8) is 0 Å². The van der Waals surface area contributed by atoms with E-state index in [9.17, 15) is 8.42 Å². The van der Waals surface area contributed by atoms with Crippen LogP contribution in [0.25, 0.3) is 0 Å². The Labute approximate surface area is 103 Å². The first-order valence-electron chi connectivity index (χ1n) is 4.80. The van der Waals surface area contributed by atoms with Gasteiger partial charge < -0.3 is 5.32 Å². The highest BCUT2D eigenvalue weighted by atomic mass is 32.2. The summed E-state index contributed by atoms with van der Waals surface area (Å²) in [6, 6.07) is 6.52. The van der Waals surface area contributed by atoms with Gasteiger partial charge in [-0.25, -0.2) is 18.5 Å². The molecule has 5 nitrogen and oxygen atoms in total. The van der Waals surface area contributed by atoms with Gasteiger partial charge in [0.05, 0.1) is 23.4 Å². The summed E-state index contributed by atoms with van der Waals surface area (Å²) in [5.41, 5.74) is 3.07. The third-order valence-electron chi connectivity index (χ3n) is 2.14. The molecule has 1 aromatic carbocycles. The Balaban J connectivity index is 2.22. The lowest BCUT2D eigenvalue weighted by Crippen LogP contribution is -2.15. The van der Waals surface area contributed by atoms with E-state index >= 15 is 0 Å². The molecule has 0 radical (unpaired) electrons. The number of aromatic nitrogens is 1. The predicted molar refractivity (Wildman–Crippen MR) is 67.3 cm³/mol. The van der Waals surface area contributed by atoms with E-state index < -0.39 is 10.0 Å². The number of benzene rings is 1. The van der Waals surface area contributed by atoms with Crippen LogP contribution in [-0.2, 0) is 16.6 Å². The summed E-state index contributed by atoms with van der Waals surface area (Å²) in [6.45, 7) is 0.468. The zero-order chi connectivity index (χ0) is 12.3. The van der Waals surface area contributed by atoms with Gasteiger partial charge in [0, 0.05) is 5.38 Å². The maximum Gasteiger partial charge on any atom is 0.240 e. The maximum atomic E-state index is 11.3. The van der Waals surface area contributed by atoms with Gasteiger partial charge in [-0.1, -0.05) is 12.1 Å². The van der Waals surface area contributed by atoms with E-state index in [0.717, 1.165) is 5.69 Å². The number of nitrogens with two attached hydrogens (primary N) is 1. The van der Waals surface area contributed by atoms with Gasteiger partial charge in [0.1, 0.15) is 4.90 Å². The minimum Gasteiger partial charge on any atom is -0.378 e. The van der Waals surface area contributed by atoms with Gasteiger partial charge >= 0.3 is 0 Å². The fourth-order valence-electron chi connectivity index (χ4n) is 1.37. The van der Waals surface area contributed by atoms with Crippen LogP contribution < -0.4 is 10.5 Å². The average Bonchev–Trinajstić information content (AvgIpc) is 2.78. The summed E-state index contributed by atoms with van der Waals surface area (Å²) >= 11 is 1.49. The lowest BCUT2D eigenvalue weighted by atomic mass is 10.3. The first kappa shape index (κ1) is 12.0. The molecule has 0 aliphatic carbocycles. The van der Waals surface area contributed by atoms with E-state index in [1.54, 1.807) is 23.7 Å². The van der Waals surface area contributed by atoms with Gasteiger partial charge in [-0.3, -0.25) is 0 Å². The second kappa shape index (κ2) is 4.82. The molecule has 0 unspecified atom stereocenters. The van der Waals surface area contributed by atoms with Gasteiger partial charge in [-0.05, 0) is 12.1 Å². The van der Waals surface area contributed by atoms with Crippen LogP contribution >= 0.6 is 11.3 Å². The number of anilines is 1. The van der Waals surface area contributed by atoms with Crippen LogP contribution in [0, 0.1) is 0 Å². The lowest BCUT2D eigenvalue weighted by molar-refractivity contribution is 0.598. The highest BCUT2D eigenvalue weighted by Gasteiger charge is 2.12. The molecular weight excluding hydrogens is 258 g/mol. The SMILES string of the molecule is NS(=O)(=O)c1ccccc1NCc1cscn1. The van der Waals surface area contributed by atoms with E-state index in [-0.39, 0.29) is 4.90 Å². The van der Waals surface area contributed by atoms with Gasteiger partial charge in [-0.15, -0.1) is 11.3 Å². The molecule has 1 aromatic heterocycles. The highest BCUT2D eigenvalue weighted by molar-refractivity contribution is 7.89. The molecule has 0 saturated carbocycles. The topological polar surface area (TPSA) is 85.1 Å². The average molecular weight is 269 g/mol. The zero-order valence-electron chi connectivity index (χ0n) is 8.83. The predicted octanol–water partition coefficient (Wildman–Crippen LogP) is 1.40. The fraction of sp³-hybridized carbons (Fsp3) is 0.100. The summed E-state index contributed by atoms with van der Waals surface area (Å²) in [5.74, 6) is 0. The van der Waals surface area contributed by atoms with Gasteiger partial charge in [-0.2, -0.15) is 0 Å². The van der Waals surface area contributed by atoms with Crippen LogP contribution in [0.5, 0.6) is 0 Å². The molecular formula is C10H11N3O2S2. The normalized spacial score (nSPS) is 11.4. The number of hydrogen-bond acceptors (Lipinski definition) is 5. The van der Waals surface area contributed by atoms with Gasteiger partial charge in [0.2, 0.25) is 10.0 Å². The number of rotatable bonds is 4. The molecule has 0 atom stereocenters. The Kier molecular flexibility index (Phi) is 3.41. The Morgan fingerprint density at radius 2 is 2.12 bits per heavy atom. The van der Waals surface area contributed by atoms with Crippen molar-refractivity contribution in [1.29, 1.82) is 0 Å². The number of para-hydroxylation sites is 1. The minimum absolute atomic E-state index is 0.0928. The molecule has 7 heteroatoms. The Morgan fingerprint density at radius 3 is 2.76 bits per heavy atom. The van der Waals surface area contributed by atoms with Crippen molar-refractivity contribution >= 4 is 27.0 Å². The smallest absolute Gasteiger partial charge is 0.240 e. The second-order valence-corrected chi connectivity index (χ2v) is 5.62. The van der Waals surface area contributed by atoms with Crippen LogP contribution in [0.1, 0.15) is 5.69 Å². The molecule has 2 rings (SSSR count). The fourth-order valence-corrected chi connectivity index (χ4v) is 2.64. The number of hydrogen-bond donors (Lipinski definition) is 2. The molecule has 17 heavy (non-hydrogen) atoms. The molecule has 1 heterocycles. The van der Waals surface area contributed by atoms with E-state index in [1.807, 2.05) is 5.38 Å². The summed E-state index contributed by atoms with van der Waals surface area (Å²) in [6.07, 6.45) is 0. The third kappa shape index (κ3) is 3.02. The van der Waals surface area contributed by atoms with Crippen LogP contribution in [-0.4, -0.2) is 13.4 Å². The third-order valence-corrected chi connectivity index (χ3v) is 3.74. The number of sulfonamides is 1. The first-order chi connectivity index (χ1) is 8.07. The van der Waals surface area contributed by atoms with E-state index in [4.69, 9.17) is 5.14 Å². The molecule has 0 amide bonds. The van der Waals surface area contributed by atoms with Crippen molar-refractivity contribution in [2.45, 2.75) is 11.4 Å². The van der Waals surface area contributed by atoms with E-state index in [2.05, 4.69) is 10.3 Å². The second-order valence-electron chi connectivity index (χ2n) is 3.37. The minimum atomic E-state index is -3.70. The molecule has 0 spiro atoms. The lowest BCUT2D eigenvalue weighted by Gasteiger charge is -2.09. The first-order valence-corrected chi connectivity index (χ1v) is 7.29. The van der Waals surface area contributed by atoms with E-state index in [1.165, 1.54) is 17.4 Å². The number of nitrogens with zero attached hydrogens (tertiary/aromatic N) is 1. The molecule has 3 N–H and O–H groups in total. The van der Waals surface area contributed by atoms with Crippen molar-refractivity contribution in [2.75, 3.05) is 5.32 Å². The van der Waals surface area contributed by atoms with Gasteiger partial charge in [0.15, 0.2) is 0 Å². The number of nitrogens with one attached hydrogen (secondary N) is 1.